The van der Waals surface area contributed by atoms with Gasteiger partial charge in [0.25, 0.3) is 0 Å². The summed E-state index contributed by atoms with van der Waals surface area (Å²) in [5, 5.41) is 12.1. The van der Waals surface area contributed by atoms with E-state index in [9.17, 15) is 0 Å². The van der Waals surface area contributed by atoms with Crippen LogP contribution in [0.15, 0.2) is 36.5 Å². The van der Waals surface area contributed by atoms with Crippen LogP contribution in [0, 0.1) is 25.2 Å². The smallest absolute Gasteiger partial charge is 0.142 e. The topological polar surface area (TPSA) is 48.7 Å². The van der Waals surface area contributed by atoms with Gasteiger partial charge in [0.1, 0.15) is 11.8 Å². The maximum atomic E-state index is 8.78. The van der Waals surface area contributed by atoms with Gasteiger partial charge in [-0.15, -0.1) is 0 Å². The van der Waals surface area contributed by atoms with Crippen molar-refractivity contribution in [2.75, 3.05) is 5.32 Å². The molecule has 0 fully saturated rings. The Labute approximate surface area is 101 Å². The van der Waals surface area contributed by atoms with Crippen molar-refractivity contribution < 1.29 is 0 Å². The summed E-state index contributed by atoms with van der Waals surface area (Å²) in [5.41, 5.74) is 4.76. The predicted molar refractivity (Wildman–Crippen MR) is 68.2 cm³/mol. The van der Waals surface area contributed by atoms with E-state index in [1.807, 2.05) is 18.2 Å². The Morgan fingerprint density at radius 1 is 1.18 bits per heavy atom. The van der Waals surface area contributed by atoms with E-state index < -0.39 is 0 Å². The molecule has 1 heterocycles. The molecule has 3 heteroatoms. The van der Waals surface area contributed by atoms with Gasteiger partial charge in [-0.25, -0.2) is 4.98 Å². The molecule has 0 unspecified atom stereocenters. The summed E-state index contributed by atoms with van der Waals surface area (Å²) in [7, 11) is 0. The van der Waals surface area contributed by atoms with Gasteiger partial charge in [0.15, 0.2) is 0 Å². The zero-order valence-electron chi connectivity index (χ0n) is 9.86. The van der Waals surface area contributed by atoms with E-state index >= 15 is 0 Å². The maximum Gasteiger partial charge on any atom is 0.142 e. The first-order valence-electron chi connectivity index (χ1n) is 5.39. The van der Waals surface area contributed by atoms with E-state index in [0.717, 1.165) is 11.4 Å². The first-order chi connectivity index (χ1) is 8.19. The molecule has 2 rings (SSSR count). The standard InChI is InChI=1S/C14H13N3/c1-10-3-4-14(11(2)7-10)17-12-5-6-16-13(8-12)9-15/h3-8H,1-2H3,(H,16,17). The van der Waals surface area contributed by atoms with Gasteiger partial charge in [0.05, 0.1) is 0 Å². The minimum Gasteiger partial charge on any atom is -0.355 e. The van der Waals surface area contributed by atoms with Crippen LogP contribution in [0.2, 0.25) is 0 Å². The second kappa shape index (κ2) is 4.67. The lowest BCUT2D eigenvalue weighted by atomic mass is 10.1. The third kappa shape index (κ3) is 2.61. The molecule has 0 amide bonds. The molecule has 0 atom stereocenters. The summed E-state index contributed by atoms with van der Waals surface area (Å²) in [6.07, 6.45) is 1.63. The van der Waals surface area contributed by atoms with Gasteiger partial charge in [-0.05, 0) is 37.6 Å². The van der Waals surface area contributed by atoms with Crippen LogP contribution in [-0.4, -0.2) is 4.98 Å². The van der Waals surface area contributed by atoms with Crippen molar-refractivity contribution in [3.8, 4) is 6.07 Å². The van der Waals surface area contributed by atoms with Crippen LogP contribution in [-0.2, 0) is 0 Å². The normalized spacial score (nSPS) is 9.71. The van der Waals surface area contributed by atoms with Gasteiger partial charge in [0.2, 0.25) is 0 Å². The molecule has 1 aromatic heterocycles. The number of benzene rings is 1. The fraction of sp³-hybridized carbons (Fsp3) is 0.143. The molecular formula is C14H13N3. The molecule has 0 saturated carbocycles. The van der Waals surface area contributed by atoms with E-state index in [1.165, 1.54) is 11.1 Å². The molecule has 0 saturated heterocycles. The van der Waals surface area contributed by atoms with Gasteiger partial charge >= 0.3 is 0 Å². The van der Waals surface area contributed by atoms with Crippen LogP contribution in [0.25, 0.3) is 0 Å². The quantitative estimate of drug-likeness (QED) is 0.849. The lowest BCUT2D eigenvalue weighted by Gasteiger charge is -2.10. The van der Waals surface area contributed by atoms with E-state index in [1.54, 1.807) is 12.3 Å². The number of pyridine rings is 1. The van der Waals surface area contributed by atoms with E-state index in [0.29, 0.717) is 5.69 Å². The summed E-state index contributed by atoms with van der Waals surface area (Å²) >= 11 is 0. The molecule has 1 N–H and O–H groups in total. The summed E-state index contributed by atoms with van der Waals surface area (Å²) < 4.78 is 0. The molecule has 0 aliphatic rings. The zero-order valence-corrected chi connectivity index (χ0v) is 9.86. The minimum atomic E-state index is 0.416. The van der Waals surface area contributed by atoms with Crippen molar-refractivity contribution in [3.05, 3.63) is 53.3 Å². The highest BCUT2D eigenvalue weighted by Gasteiger charge is 2.00. The van der Waals surface area contributed by atoms with Crippen molar-refractivity contribution in [2.24, 2.45) is 0 Å². The molecule has 0 aliphatic carbocycles. The Bertz CT molecular complexity index is 582. The Morgan fingerprint density at radius 2 is 2.00 bits per heavy atom. The van der Waals surface area contributed by atoms with Crippen molar-refractivity contribution in [1.82, 2.24) is 4.98 Å². The van der Waals surface area contributed by atoms with Gasteiger partial charge in [-0.2, -0.15) is 5.26 Å². The Balaban J connectivity index is 2.28. The van der Waals surface area contributed by atoms with Gasteiger partial charge in [-0.1, -0.05) is 17.7 Å². The van der Waals surface area contributed by atoms with Crippen molar-refractivity contribution in [1.29, 1.82) is 5.26 Å². The third-order valence-corrected chi connectivity index (χ3v) is 2.54. The van der Waals surface area contributed by atoms with Crippen LogP contribution >= 0.6 is 0 Å². The summed E-state index contributed by atoms with van der Waals surface area (Å²) in [5.74, 6) is 0. The number of aromatic nitrogens is 1. The molecule has 84 valence electrons. The molecule has 0 aliphatic heterocycles. The third-order valence-electron chi connectivity index (χ3n) is 2.54. The molecule has 17 heavy (non-hydrogen) atoms. The fourth-order valence-corrected chi connectivity index (χ4v) is 1.68. The second-order valence-electron chi connectivity index (χ2n) is 3.98. The van der Waals surface area contributed by atoms with Gasteiger partial charge < -0.3 is 5.32 Å². The molecule has 0 bridgehead atoms. The van der Waals surface area contributed by atoms with Crippen LogP contribution in [0.1, 0.15) is 16.8 Å². The van der Waals surface area contributed by atoms with E-state index in [4.69, 9.17) is 5.26 Å². The van der Waals surface area contributed by atoms with Crippen LogP contribution < -0.4 is 5.32 Å². The Morgan fingerprint density at radius 3 is 2.71 bits per heavy atom. The highest BCUT2D eigenvalue weighted by atomic mass is 14.9. The highest BCUT2D eigenvalue weighted by molar-refractivity contribution is 5.63. The fourth-order valence-electron chi connectivity index (χ4n) is 1.68. The molecule has 2 aromatic rings. The lowest BCUT2D eigenvalue weighted by molar-refractivity contribution is 1.26. The summed E-state index contributed by atoms with van der Waals surface area (Å²) in [4.78, 5) is 3.93. The Hall–Kier alpha value is -2.34. The molecule has 3 nitrogen and oxygen atoms in total. The first kappa shape index (κ1) is 11.2. The van der Waals surface area contributed by atoms with Crippen molar-refractivity contribution >= 4 is 11.4 Å². The minimum absolute atomic E-state index is 0.416. The number of rotatable bonds is 2. The average Bonchev–Trinajstić information content (AvgIpc) is 2.33. The number of hydrogen-bond acceptors (Lipinski definition) is 3. The van der Waals surface area contributed by atoms with Crippen molar-refractivity contribution in [3.63, 3.8) is 0 Å². The van der Waals surface area contributed by atoms with E-state index in [-0.39, 0.29) is 0 Å². The SMILES string of the molecule is Cc1ccc(Nc2ccnc(C#N)c2)c(C)c1. The van der Waals surface area contributed by atoms with Gasteiger partial charge in [-0.3, -0.25) is 0 Å². The number of nitriles is 1. The van der Waals surface area contributed by atoms with Crippen LogP contribution in [0.3, 0.4) is 0 Å². The monoisotopic (exact) mass is 223 g/mol. The van der Waals surface area contributed by atoms with Crippen molar-refractivity contribution in [2.45, 2.75) is 13.8 Å². The highest BCUT2D eigenvalue weighted by Crippen LogP contribution is 2.21. The number of nitrogens with zero attached hydrogens (tertiary/aromatic N) is 2. The lowest BCUT2D eigenvalue weighted by Crippen LogP contribution is -1.94. The number of aryl methyl sites for hydroxylation is 2. The Kier molecular flexibility index (Phi) is 3.06. The second-order valence-corrected chi connectivity index (χ2v) is 3.98. The number of hydrogen-bond donors (Lipinski definition) is 1. The predicted octanol–water partition coefficient (Wildman–Crippen LogP) is 3.31. The zero-order chi connectivity index (χ0) is 12.3. The van der Waals surface area contributed by atoms with Gasteiger partial charge in [0, 0.05) is 17.6 Å². The van der Waals surface area contributed by atoms with Crippen LogP contribution in [0.5, 0.6) is 0 Å². The van der Waals surface area contributed by atoms with E-state index in [2.05, 4.69) is 36.3 Å². The van der Waals surface area contributed by atoms with Crippen LogP contribution in [0.4, 0.5) is 11.4 Å². The summed E-state index contributed by atoms with van der Waals surface area (Å²) in [6.45, 7) is 4.12. The maximum absolute atomic E-state index is 8.78. The molecule has 0 radical (unpaired) electrons. The molecule has 0 spiro atoms. The average molecular weight is 223 g/mol. The molecule has 1 aromatic carbocycles. The largest absolute Gasteiger partial charge is 0.355 e. The number of anilines is 2. The number of nitrogens with one attached hydrogen (secondary N) is 1. The first-order valence-corrected chi connectivity index (χ1v) is 5.39. The summed E-state index contributed by atoms with van der Waals surface area (Å²) in [6, 6.07) is 11.8. The molecular weight excluding hydrogens is 210 g/mol.